The van der Waals surface area contributed by atoms with Gasteiger partial charge in [-0.3, -0.25) is 19.7 Å². The van der Waals surface area contributed by atoms with Crippen LogP contribution in [0.1, 0.15) is 10.4 Å². The number of hydrogen-bond acceptors (Lipinski definition) is 6. The Morgan fingerprint density at radius 3 is 2.85 bits per heavy atom. The fourth-order valence-electron chi connectivity index (χ4n) is 1.36. The van der Waals surface area contributed by atoms with Crippen LogP contribution in [0.3, 0.4) is 0 Å². The summed E-state index contributed by atoms with van der Waals surface area (Å²) in [5, 5.41) is 13.3. The number of ether oxygens (including phenoxy) is 2. The average Bonchev–Trinajstić information content (AvgIpc) is 2.44. The van der Waals surface area contributed by atoms with Crippen molar-refractivity contribution in [2.75, 3.05) is 26.9 Å². The van der Waals surface area contributed by atoms with E-state index in [1.165, 1.54) is 19.2 Å². The largest absolute Gasteiger partial charge is 0.477 e. The van der Waals surface area contributed by atoms with Crippen LogP contribution in [0.2, 0.25) is 0 Å². The lowest BCUT2D eigenvalue weighted by Gasteiger charge is -2.08. The molecule has 20 heavy (non-hydrogen) atoms. The summed E-state index contributed by atoms with van der Waals surface area (Å²) >= 11 is 0. The number of carbonyl (C=O) groups excluding carboxylic acids is 2. The number of amides is 1. The Hall–Kier alpha value is -2.48. The Kier molecular flexibility index (Phi) is 6.11. The zero-order chi connectivity index (χ0) is 15.0. The fourth-order valence-corrected chi connectivity index (χ4v) is 1.36. The van der Waals surface area contributed by atoms with Crippen molar-refractivity contribution in [1.29, 1.82) is 0 Å². The first-order chi connectivity index (χ1) is 9.58. The van der Waals surface area contributed by atoms with E-state index in [9.17, 15) is 19.7 Å². The van der Waals surface area contributed by atoms with Crippen molar-refractivity contribution in [3.63, 3.8) is 0 Å². The van der Waals surface area contributed by atoms with Crippen molar-refractivity contribution in [3.8, 4) is 5.75 Å². The third-order valence-corrected chi connectivity index (χ3v) is 2.30. The van der Waals surface area contributed by atoms with Crippen LogP contribution in [0.25, 0.3) is 0 Å². The van der Waals surface area contributed by atoms with Gasteiger partial charge in [-0.1, -0.05) is 0 Å². The van der Waals surface area contributed by atoms with Crippen LogP contribution in [0.5, 0.6) is 5.75 Å². The number of nitro groups is 1. The minimum atomic E-state index is -0.646. The quantitative estimate of drug-likeness (QED) is 0.323. The monoisotopic (exact) mass is 282 g/mol. The molecule has 1 aromatic rings. The number of carbonyl (C=O) groups is 2. The van der Waals surface area contributed by atoms with Crippen LogP contribution in [0, 0.1) is 10.1 Å². The molecule has 0 fully saturated rings. The fraction of sp³-hybridized carbons (Fsp3) is 0.333. The third-order valence-electron chi connectivity index (χ3n) is 2.30. The highest BCUT2D eigenvalue weighted by molar-refractivity contribution is 5.79. The predicted octanol–water partition coefficient (Wildman–Crippen LogP) is 0.549. The molecule has 1 N–H and O–H groups in total. The SMILES string of the molecule is COCCNC(=O)COc1cc(C=O)ccc1[N+](=O)[O-]. The van der Waals surface area contributed by atoms with Crippen molar-refractivity contribution in [1.82, 2.24) is 5.32 Å². The molecule has 0 spiro atoms. The molecule has 0 atom stereocenters. The number of nitrogens with zero attached hydrogens (tertiary/aromatic N) is 1. The molecule has 108 valence electrons. The molecular weight excluding hydrogens is 268 g/mol. The highest BCUT2D eigenvalue weighted by Crippen LogP contribution is 2.27. The van der Waals surface area contributed by atoms with Gasteiger partial charge in [-0.15, -0.1) is 0 Å². The van der Waals surface area contributed by atoms with Crippen LogP contribution in [0.4, 0.5) is 5.69 Å². The number of benzene rings is 1. The molecule has 0 radical (unpaired) electrons. The Morgan fingerprint density at radius 1 is 1.50 bits per heavy atom. The molecular formula is C12H14N2O6. The van der Waals surface area contributed by atoms with Gasteiger partial charge in [-0.25, -0.2) is 0 Å². The minimum absolute atomic E-state index is 0.124. The lowest BCUT2D eigenvalue weighted by Crippen LogP contribution is -2.31. The lowest BCUT2D eigenvalue weighted by molar-refractivity contribution is -0.385. The molecule has 0 unspecified atom stereocenters. The van der Waals surface area contributed by atoms with E-state index < -0.39 is 10.8 Å². The molecule has 8 nitrogen and oxygen atoms in total. The molecule has 0 saturated carbocycles. The zero-order valence-corrected chi connectivity index (χ0v) is 10.8. The highest BCUT2D eigenvalue weighted by atomic mass is 16.6. The van der Waals surface area contributed by atoms with Gasteiger partial charge in [0.25, 0.3) is 5.91 Å². The van der Waals surface area contributed by atoms with E-state index in [0.717, 1.165) is 6.07 Å². The zero-order valence-electron chi connectivity index (χ0n) is 10.8. The topological polar surface area (TPSA) is 108 Å². The van der Waals surface area contributed by atoms with Crippen molar-refractivity contribution in [2.24, 2.45) is 0 Å². The summed E-state index contributed by atoms with van der Waals surface area (Å²) in [6.45, 7) is 0.286. The van der Waals surface area contributed by atoms with Gasteiger partial charge in [-0.05, 0) is 12.1 Å². The summed E-state index contributed by atoms with van der Waals surface area (Å²) in [7, 11) is 1.50. The summed E-state index contributed by atoms with van der Waals surface area (Å²) in [5.74, 6) is -0.561. The smallest absolute Gasteiger partial charge is 0.310 e. The second-order valence-electron chi connectivity index (χ2n) is 3.73. The van der Waals surface area contributed by atoms with Crippen molar-refractivity contribution >= 4 is 17.9 Å². The van der Waals surface area contributed by atoms with Gasteiger partial charge in [0.15, 0.2) is 12.4 Å². The molecule has 0 saturated heterocycles. The van der Waals surface area contributed by atoms with E-state index >= 15 is 0 Å². The normalized spacial score (nSPS) is 9.85. The predicted molar refractivity (Wildman–Crippen MR) is 68.9 cm³/mol. The number of rotatable bonds is 8. The van der Waals surface area contributed by atoms with Crippen molar-refractivity contribution < 1.29 is 24.0 Å². The van der Waals surface area contributed by atoms with E-state index in [1.807, 2.05) is 0 Å². The van der Waals surface area contributed by atoms with E-state index in [0.29, 0.717) is 19.4 Å². The van der Waals surface area contributed by atoms with Gasteiger partial charge in [0.2, 0.25) is 0 Å². The summed E-state index contributed by atoms with van der Waals surface area (Å²) in [4.78, 5) is 32.2. The van der Waals surface area contributed by atoms with E-state index in [2.05, 4.69) is 5.32 Å². The molecule has 0 aromatic heterocycles. The maximum absolute atomic E-state index is 11.4. The summed E-state index contributed by atoms with van der Waals surface area (Å²) in [6.07, 6.45) is 0.537. The number of methoxy groups -OCH3 is 1. The maximum atomic E-state index is 11.4. The second kappa shape index (κ2) is 7.85. The minimum Gasteiger partial charge on any atom is -0.477 e. The Bertz CT molecular complexity index is 503. The summed E-state index contributed by atoms with van der Waals surface area (Å²) in [6, 6.07) is 3.67. The van der Waals surface area contributed by atoms with Crippen molar-refractivity contribution in [2.45, 2.75) is 0 Å². The molecule has 1 aromatic carbocycles. The Labute approximate surface area is 114 Å². The van der Waals surface area contributed by atoms with E-state index in [-0.39, 0.29) is 23.6 Å². The van der Waals surface area contributed by atoms with Crippen LogP contribution in [-0.4, -0.2) is 44.0 Å². The second-order valence-corrected chi connectivity index (χ2v) is 3.73. The van der Waals surface area contributed by atoms with Crippen molar-refractivity contribution in [3.05, 3.63) is 33.9 Å². The van der Waals surface area contributed by atoms with Crippen LogP contribution < -0.4 is 10.1 Å². The van der Waals surface area contributed by atoms with Gasteiger partial charge in [-0.2, -0.15) is 0 Å². The van der Waals surface area contributed by atoms with Gasteiger partial charge >= 0.3 is 5.69 Å². The number of aldehydes is 1. The molecule has 0 aliphatic carbocycles. The van der Waals surface area contributed by atoms with Crippen LogP contribution in [-0.2, 0) is 9.53 Å². The molecule has 0 heterocycles. The number of hydrogen-bond donors (Lipinski definition) is 1. The lowest BCUT2D eigenvalue weighted by atomic mass is 10.2. The average molecular weight is 282 g/mol. The van der Waals surface area contributed by atoms with Crippen LogP contribution in [0.15, 0.2) is 18.2 Å². The number of nitrogens with one attached hydrogen (secondary N) is 1. The molecule has 1 amide bonds. The van der Waals surface area contributed by atoms with Gasteiger partial charge < -0.3 is 14.8 Å². The molecule has 0 bridgehead atoms. The Balaban J connectivity index is 2.68. The van der Waals surface area contributed by atoms with Gasteiger partial charge in [0.05, 0.1) is 11.5 Å². The van der Waals surface area contributed by atoms with Crippen LogP contribution >= 0.6 is 0 Å². The van der Waals surface area contributed by atoms with E-state index in [4.69, 9.17) is 9.47 Å². The third kappa shape index (κ3) is 4.65. The summed E-state index contributed by atoms with van der Waals surface area (Å²) < 4.78 is 9.83. The first kappa shape index (κ1) is 15.6. The van der Waals surface area contributed by atoms with E-state index in [1.54, 1.807) is 0 Å². The highest BCUT2D eigenvalue weighted by Gasteiger charge is 2.16. The number of nitro benzene ring substituents is 1. The summed E-state index contributed by atoms with van der Waals surface area (Å²) in [5.41, 5.74) is -0.0781. The molecule has 1 rings (SSSR count). The van der Waals surface area contributed by atoms with Gasteiger partial charge in [0, 0.05) is 25.3 Å². The molecule has 0 aliphatic heterocycles. The molecule has 8 heteroatoms. The Morgan fingerprint density at radius 2 is 2.25 bits per heavy atom. The molecule has 0 aliphatic rings. The standard InChI is InChI=1S/C12H14N2O6/c1-19-5-4-13-12(16)8-20-11-6-9(7-15)2-3-10(11)14(17)18/h2-3,6-7H,4-5,8H2,1H3,(H,13,16). The first-order valence-corrected chi connectivity index (χ1v) is 5.70. The van der Waals surface area contributed by atoms with Gasteiger partial charge in [0.1, 0.15) is 6.29 Å². The first-order valence-electron chi connectivity index (χ1n) is 5.70. The maximum Gasteiger partial charge on any atom is 0.310 e.